The Balaban J connectivity index is 1.53. The van der Waals surface area contributed by atoms with Gasteiger partial charge in [0.05, 0.1) is 24.3 Å². The number of benzene rings is 1. The lowest BCUT2D eigenvalue weighted by Crippen LogP contribution is -2.61. The van der Waals surface area contributed by atoms with Crippen LogP contribution in [0.1, 0.15) is 83.0 Å². The lowest BCUT2D eigenvalue weighted by molar-refractivity contribution is -0.157. The quantitative estimate of drug-likeness (QED) is 0.463. The van der Waals surface area contributed by atoms with Crippen LogP contribution in [-0.4, -0.2) is 51.7 Å². The molecule has 1 aromatic heterocycles. The summed E-state index contributed by atoms with van der Waals surface area (Å²) < 4.78 is 6.72. The Morgan fingerprint density at radius 1 is 1.13 bits per heavy atom. The summed E-state index contributed by atoms with van der Waals surface area (Å²) in [5, 5.41) is 11.9. The zero-order valence-electron chi connectivity index (χ0n) is 23.9. The van der Waals surface area contributed by atoms with Gasteiger partial charge in [-0.25, -0.2) is 4.79 Å². The fraction of sp³-hybridized carbons (Fsp3) is 0.594. The molecule has 212 valence electrons. The number of aromatic nitrogens is 1. The molecule has 1 aliphatic heterocycles. The summed E-state index contributed by atoms with van der Waals surface area (Å²) in [6.45, 7) is 8.78. The van der Waals surface area contributed by atoms with Crippen molar-refractivity contribution < 1.29 is 19.4 Å². The number of ether oxygens (including phenoxy) is 1. The van der Waals surface area contributed by atoms with E-state index in [1.165, 1.54) is 48.9 Å². The number of rotatable bonds is 8. The Morgan fingerprint density at radius 2 is 1.82 bits per heavy atom. The summed E-state index contributed by atoms with van der Waals surface area (Å²) in [7, 11) is 0. The maximum absolute atomic E-state index is 13.4. The summed E-state index contributed by atoms with van der Waals surface area (Å²) in [5.74, 6) is 0.246. The minimum Gasteiger partial charge on any atom is -0.462 e. The molecule has 1 saturated heterocycles. The van der Waals surface area contributed by atoms with Gasteiger partial charge in [-0.3, -0.25) is 9.59 Å². The minimum absolute atomic E-state index is 0.0277. The highest BCUT2D eigenvalue weighted by molar-refractivity contribution is 5.96. The molecule has 2 aromatic rings. The molecule has 2 heterocycles. The highest BCUT2D eigenvalue weighted by atomic mass is 16.5. The van der Waals surface area contributed by atoms with E-state index in [9.17, 15) is 19.5 Å². The largest absolute Gasteiger partial charge is 0.462 e. The van der Waals surface area contributed by atoms with E-state index in [2.05, 4.69) is 0 Å². The molecule has 1 N–H and O–H groups in total. The van der Waals surface area contributed by atoms with Crippen LogP contribution < -0.4 is 5.56 Å². The number of amides is 1. The smallest absolute Gasteiger partial charge is 0.340 e. The van der Waals surface area contributed by atoms with Crippen LogP contribution in [0.3, 0.4) is 0 Å². The Morgan fingerprint density at radius 3 is 2.46 bits per heavy atom. The molecule has 1 amide bonds. The molecule has 7 heteroatoms. The lowest BCUT2D eigenvalue weighted by Gasteiger charge is -2.51. The molecule has 2 fully saturated rings. The van der Waals surface area contributed by atoms with E-state index < -0.39 is 17.0 Å². The van der Waals surface area contributed by atoms with Gasteiger partial charge in [0.25, 0.3) is 5.56 Å². The molecule has 39 heavy (non-hydrogen) atoms. The van der Waals surface area contributed by atoms with Crippen molar-refractivity contribution in [1.29, 1.82) is 0 Å². The number of hydrogen-bond acceptors (Lipinski definition) is 5. The number of pyridine rings is 1. The van der Waals surface area contributed by atoms with Gasteiger partial charge in [-0.05, 0) is 31.2 Å². The molecule has 0 radical (unpaired) electrons. The van der Waals surface area contributed by atoms with Crippen molar-refractivity contribution in [3.05, 3.63) is 58.5 Å². The Kier molecular flexibility index (Phi) is 9.00. The number of likely N-dealkylation sites (tertiary alicyclic amines) is 1. The van der Waals surface area contributed by atoms with Crippen molar-refractivity contribution in [1.82, 2.24) is 9.47 Å². The van der Waals surface area contributed by atoms with Crippen LogP contribution in [-0.2, 0) is 16.1 Å². The summed E-state index contributed by atoms with van der Waals surface area (Å²) >= 11 is 0. The van der Waals surface area contributed by atoms with Crippen molar-refractivity contribution >= 4 is 11.9 Å². The Labute approximate surface area is 232 Å². The predicted octanol–water partition coefficient (Wildman–Crippen LogP) is 5.29. The average molecular weight is 537 g/mol. The van der Waals surface area contributed by atoms with Crippen molar-refractivity contribution in [2.24, 2.45) is 17.3 Å². The summed E-state index contributed by atoms with van der Waals surface area (Å²) in [4.78, 5) is 41.4. The van der Waals surface area contributed by atoms with Gasteiger partial charge in [-0.15, -0.1) is 0 Å². The van der Waals surface area contributed by atoms with Crippen LogP contribution in [0, 0.1) is 17.3 Å². The summed E-state index contributed by atoms with van der Waals surface area (Å²) in [5.41, 5.74) is -0.654. The Bertz CT molecular complexity index is 1210. The number of carbonyl (C=O) groups excluding carboxylic acids is 2. The van der Waals surface area contributed by atoms with Crippen molar-refractivity contribution in [2.45, 2.75) is 84.8 Å². The minimum atomic E-state index is -1.24. The molecule has 1 aliphatic carbocycles. The zero-order valence-corrected chi connectivity index (χ0v) is 23.9. The van der Waals surface area contributed by atoms with Gasteiger partial charge < -0.3 is 19.3 Å². The summed E-state index contributed by atoms with van der Waals surface area (Å²) in [6, 6.07) is 10.7. The van der Waals surface area contributed by atoms with E-state index in [4.69, 9.17) is 4.74 Å². The van der Waals surface area contributed by atoms with Crippen LogP contribution in [0.2, 0.25) is 0 Å². The van der Waals surface area contributed by atoms with E-state index in [1.807, 2.05) is 56.0 Å². The third-order valence-electron chi connectivity index (χ3n) is 8.92. The number of hydrogen-bond donors (Lipinski definition) is 1. The number of esters is 1. The van der Waals surface area contributed by atoms with Crippen LogP contribution in [0.5, 0.6) is 0 Å². The van der Waals surface area contributed by atoms with Crippen LogP contribution in [0.4, 0.5) is 0 Å². The maximum atomic E-state index is 13.4. The van der Waals surface area contributed by atoms with Gasteiger partial charge >= 0.3 is 5.97 Å². The van der Waals surface area contributed by atoms with Gasteiger partial charge in [-0.1, -0.05) is 83.2 Å². The SMILES string of the molecule is CCOC(=O)c1cn(C[C@]2(O)CCN(C(=O)[C@H](C)CC3CCCCC3)CC2(C)C)c(=O)cc1-c1ccccc1. The molecular formula is C32H44N2O5. The van der Waals surface area contributed by atoms with E-state index in [0.29, 0.717) is 31.0 Å². The van der Waals surface area contributed by atoms with E-state index in [0.717, 1.165) is 12.0 Å². The predicted molar refractivity (Wildman–Crippen MR) is 152 cm³/mol. The molecular weight excluding hydrogens is 492 g/mol. The third kappa shape index (κ3) is 6.46. The second-order valence-electron chi connectivity index (χ2n) is 12.2. The third-order valence-corrected chi connectivity index (χ3v) is 8.92. The fourth-order valence-electron chi connectivity index (χ4n) is 6.38. The first-order valence-electron chi connectivity index (χ1n) is 14.5. The van der Waals surface area contributed by atoms with Crippen molar-refractivity contribution in [3.63, 3.8) is 0 Å². The number of piperidine rings is 1. The molecule has 7 nitrogen and oxygen atoms in total. The van der Waals surface area contributed by atoms with Gasteiger partial charge in [-0.2, -0.15) is 0 Å². The van der Waals surface area contributed by atoms with Crippen LogP contribution in [0.25, 0.3) is 11.1 Å². The highest BCUT2D eigenvalue weighted by Gasteiger charge is 2.49. The lowest BCUT2D eigenvalue weighted by atomic mass is 9.69. The Hall–Kier alpha value is -2.93. The second kappa shape index (κ2) is 12.1. The van der Waals surface area contributed by atoms with E-state index >= 15 is 0 Å². The molecule has 0 bridgehead atoms. The zero-order chi connectivity index (χ0) is 28.2. The monoisotopic (exact) mass is 536 g/mol. The van der Waals surface area contributed by atoms with Crippen LogP contribution in [0.15, 0.2) is 47.4 Å². The van der Waals surface area contributed by atoms with Crippen LogP contribution >= 0.6 is 0 Å². The molecule has 1 aromatic carbocycles. The van der Waals surface area contributed by atoms with Gasteiger partial charge in [0.15, 0.2) is 0 Å². The van der Waals surface area contributed by atoms with Gasteiger partial charge in [0.2, 0.25) is 5.91 Å². The normalized spacial score (nSPS) is 22.3. The maximum Gasteiger partial charge on any atom is 0.340 e. The first-order chi connectivity index (χ1) is 18.5. The second-order valence-corrected chi connectivity index (χ2v) is 12.2. The number of nitrogens with zero attached hydrogens (tertiary/aromatic N) is 2. The van der Waals surface area contributed by atoms with Crippen molar-refractivity contribution in [3.8, 4) is 11.1 Å². The van der Waals surface area contributed by atoms with Gasteiger partial charge in [0.1, 0.15) is 0 Å². The number of carbonyl (C=O) groups is 2. The first-order valence-corrected chi connectivity index (χ1v) is 14.5. The molecule has 0 unspecified atom stereocenters. The van der Waals surface area contributed by atoms with Crippen molar-refractivity contribution in [2.75, 3.05) is 19.7 Å². The molecule has 2 atom stereocenters. The highest BCUT2D eigenvalue weighted by Crippen LogP contribution is 2.41. The average Bonchev–Trinajstić information content (AvgIpc) is 2.92. The molecule has 4 rings (SSSR count). The molecule has 1 saturated carbocycles. The number of aliphatic hydroxyl groups is 1. The molecule has 2 aliphatic rings. The first kappa shape index (κ1) is 29.1. The molecule has 0 spiro atoms. The fourth-order valence-corrected chi connectivity index (χ4v) is 6.38. The van der Waals surface area contributed by atoms with E-state index in [-0.39, 0.29) is 36.1 Å². The topological polar surface area (TPSA) is 88.8 Å². The van der Waals surface area contributed by atoms with Gasteiger partial charge in [0, 0.05) is 42.2 Å². The van der Waals surface area contributed by atoms with E-state index in [1.54, 1.807) is 6.92 Å². The summed E-state index contributed by atoms with van der Waals surface area (Å²) in [6.07, 6.45) is 9.06. The standard InChI is InChI=1S/C32H44N2O5/c1-5-39-30(37)27-20-34(28(35)19-26(27)25-14-10-7-11-15-25)22-32(38)16-17-33(21-31(32,3)4)29(36)23(2)18-24-12-8-6-9-13-24/h7,10-11,14-15,19-20,23-24,38H,5-6,8-9,12-13,16-18,21-22H2,1-4H3/t23-,32-/m1/s1.